The lowest BCUT2D eigenvalue weighted by atomic mass is 9.68. The molecule has 112 valence electrons. The van der Waals surface area contributed by atoms with Gasteiger partial charge in [-0.05, 0) is 30.5 Å². The van der Waals surface area contributed by atoms with Crippen LogP contribution in [-0.2, 0) is 16.8 Å². The molecule has 0 bridgehead atoms. The highest BCUT2D eigenvalue weighted by Gasteiger charge is 2.37. The highest BCUT2D eigenvalue weighted by molar-refractivity contribution is 9.10. The zero-order chi connectivity index (χ0) is 14.6. The Labute approximate surface area is 130 Å². The van der Waals surface area contributed by atoms with Crippen LogP contribution >= 0.6 is 15.9 Å². The second-order valence-corrected chi connectivity index (χ2v) is 6.54. The Balaban J connectivity index is 2.56. The summed E-state index contributed by atoms with van der Waals surface area (Å²) in [6, 6.07) is 4.17. The molecule has 0 aliphatic heterocycles. The first-order chi connectivity index (χ1) is 9.66. The lowest BCUT2D eigenvalue weighted by molar-refractivity contribution is 0.180. The summed E-state index contributed by atoms with van der Waals surface area (Å²) < 4.78 is 12.1. The van der Waals surface area contributed by atoms with Crippen LogP contribution in [0.1, 0.15) is 43.2 Å². The van der Waals surface area contributed by atoms with Gasteiger partial charge in [0.05, 0.1) is 13.7 Å². The van der Waals surface area contributed by atoms with Crippen molar-refractivity contribution in [1.82, 2.24) is 0 Å². The molecule has 2 N–H and O–H groups in total. The van der Waals surface area contributed by atoms with Gasteiger partial charge in [0, 0.05) is 29.1 Å². The van der Waals surface area contributed by atoms with Crippen LogP contribution in [0.5, 0.6) is 5.75 Å². The molecule has 0 radical (unpaired) electrons. The summed E-state index contributed by atoms with van der Waals surface area (Å²) in [5.74, 6) is 0.929. The van der Waals surface area contributed by atoms with Crippen molar-refractivity contribution in [2.75, 3.05) is 20.8 Å². The summed E-state index contributed by atoms with van der Waals surface area (Å²) in [5, 5.41) is 0. The number of rotatable bonds is 5. The fourth-order valence-corrected chi connectivity index (χ4v) is 3.94. The molecular weight excluding hydrogens is 318 g/mol. The molecule has 2 rings (SSSR count). The van der Waals surface area contributed by atoms with E-state index in [0.29, 0.717) is 13.2 Å². The van der Waals surface area contributed by atoms with E-state index in [-0.39, 0.29) is 5.41 Å². The summed E-state index contributed by atoms with van der Waals surface area (Å²) in [4.78, 5) is 0. The maximum atomic E-state index is 6.19. The van der Waals surface area contributed by atoms with Crippen molar-refractivity contribution in [2.24, 2.45) is 5.73 Å². The van der Waals surface area contributed by atoms with E-state index in [4.69, 9.17) is 15.2 Å². The van der Waals surface area contributed by atoms with Crippen molar-refractivity contribution in [3.05, 3.63) is 27.7 Å². The molecule has 0 heterocycles. The van der Waals surface area contributed by atoms with Crippen LogP contribution in [0.15, 0.2) is 16.6 Å². The van der Waals surface area contributed by atoms with Gasteiger partial charge in [0.15, 0.2) is 0 Å². The van der Waals surface area contributed by atoms with E-state index in [1.807, 2.05) is 6.07 Å². The predicted molar refractivity (Wildman–Crippen MR) is 85.2 cm³/mol. The van der Waals surface area contributed by atoms with Gasteiger partial charge >= 0.3 is 0 Å². The van der Waals surface area contributed by atoms with E-state index < -0.39 is 0 Å². The van der Waals surface area contributed by atoms with Crippen LogP contribution in [0.3, 0.4) is 0 Å². The van der Waals surface area contributed by atoms with Gasteiger partial charge in [0.1, 0.15) is 5.75 Å². The molecule has 0 unspecified atom stereocenters. The molecule has 0 amide bonds. The van der Waals surface area contributed by atoms with Gasteiger partial charge in [-0.15, -0.1) is 0 Å². The van der Waals surface area contributed by atoms with Gasteiger partial charge in [0.25, 0.3) is 0 Å². The van der Waals surface area contributed by atoms with Gasteiger partial charge < -0.3 is 15.2 Å². The van der Waals surface area contributed by atoms with E-state index >= 15 is 0 Å². The normalized spacial score (nSPS) is 18.0. The Morgan fingerprint density at radius 1 is 1.20 bits per heavy atom. The zero-order valence-electron chi connectivity index (χ0n) is 12.4. The van der Waals surface area contributed by atoms with Crippen LogP contribution < -0.4 is 10.5 Å². The predicted octanol–water partition coefficient (Wildman–Crippen LogP) is 3.76. The van der Waals surface area contributed by atoms with E-state index in [1.165, 1.54) is 30.4 Å². The third-order valence-electron chi connectivity index (χ3n) is 4.40. The lowest BCUT2D eigenvalue weighted by Gasteiger charge is -2.39. The number of nitrogens with two attached hydrogens (primary N) is 1. The van der Waals surface area contributed by atoms with Crippen molar-refractivity contribution in [2.45, 2.75) is 44.1 Å². The van der Waals surface area contributed by atoms with Crippen LogP contribution in [0.25, 0.3) is 0 Å². The Bertz CT molecular complexity index is 456. The number of ether oxygens (including phenoxy) is 2. The van der Waals surface area contributed by atoms with Crippen LogP contribution in [-0.4, -0.2) is 20.8 Å². The van der Waals surface area contributed by atoms with Crippen molar-refractivity contribution in [3.63, 3.8) is 0 Å². The third kappa shape index (κ3) is 3.02. The number of halogens is 1. The molecule has 1 aliphatic rings. The van der Waals surface area contributed by atoms with Gasteiger partial charge in [-0.2, -0.15) is 0 Å². The monoisotopic (exact) mass is 341 g/mol. The quantitative estimate of drug-likeness (QED) is 0.886. The minimum Gasteiger partial charge on any atom is -0.496 e. The van der Waals surface area contributed by atoms with Crippen molar-refractivity contribution >= 4 is 15.9 Å². The first-order valence-corrected chi connectivity index (χ1v) is 8.02. The molecule has 20 heavy (non-hydrogen) atoms. The van der Waals surface area contributed by atoms with E-state index in [9.17, 15) is 0 Å². The van der Waals surface area contributed by atoms with Crippen molar-refractivity contribution < 1.29 is 9.47 Å². The fourth-order valence-electron chi connectivity index (χ4n) is 3.45. The Kier molecular flexibility index (Phi) is 5.47. The minimum absolute atomic E-state index is 0.0398. The second kappa shape index (κ2) is 6.92. The minimum atomic E-state index is 0.0398. The summed E-state index contributed by atoms with van der Waals surface area (Å²) in [5.41, 5.74) is 8.67. The van der Waals surface area contributed by atoms with Crippen LogP contribution in [0, 0.1) is 0 Å². The van der Waals surface area contributed by atoms with Gasteiger partial charge in [-0.25, -0.2) is 0 Å². The standard InChI is InChI=1S/C16H24BrNO2/c1-19-10-12-8-13(17)9-14(20-2)15(12)16(11-18)6-4-3-5-7-16/h8-9H,3-7,10-11,18H2,1-2H3. The van der Waals surface area contributed by atoms with Crippen LogP contribution in [0.2, 0.25) is 0 Å². The Hall–Kier alpha value is -0.580. The lowest BCUT2D eigenvalue weighted by Crippen LogP contribution is -2.38. The fraction of sp³-hybridized carbons (Fsp3) is 0.625. The summed E-state index contributed by atoms with van der Waals surface area (Å²) in [6.07, 6.45) is 6.06. The van der Waals surface area contributed by atoms with E-state index in [2.05, 4.69) is 22.0 Å². The molecular formula is C16H24BrNO2. The molecule has 0 spiro atoms. The molecule has 3 nitrogen and oxygen atoms in total. The number of hydrogen-bond donors (Lipinski definition) is 1. The van der Waals surface area contributed by atoms with Crippen LogP contribution in [0.4, 0.5) is 0 Å². The SMILES string of the molecule is COCc1cc(Br)cc(OC)c1C1(CN)CCCCC1. The average Bonchev–Trinajstić information content (AvgIpc) is 2.47. The number of methoxy groups -OCH3 is 2. The van der Waals surface area contributed by atoms with Crippen molar-refractivity contribution in [1.29, 1.82) is 0 Å². The maximum absolute atomic E-state index is 6.19. The molecule has 4 heteroatoms. The molecule has 0 aromatic heterocycles. The Morgan fingerprint density at radius 3 is 2.45 bits per heavy atom. The van der Waals surface area contributed by atoms with E-state index in [1.54, 1.807) is 14.2 Å². The smallest absolute Gasteiger partial charge is 0.124 e. The molecule has 1 saturated carbocycles. The summed E-state index contributed by atoms with van der Waals surface area (Å²) in [6.45, 7) is 1.26. The molecule has 1 aliphatic carbocycles. The van der Waals surface area contributed by atoms with Gasteiger partial charge in [0.2, 0.25) is 0 Å². The number of hydrogen-bond acceptors (Lipinski definition) is 3. The van der Waals surface area contributed by atoms with E-state index in [0.717, 1.165) is 23.1 Å². The summed E-state index contributed by atoms with van der Waals surface area (Å²) >= 11 is 3.55. The number of benzene rings is 1. The van der Waals surface area contributed by atoms with Crippen molar-refractivity contribution in [3.8, 4) is 5.75 Å². The summed E-state index contributed by atoms with van der Waals surface area (Å²) in [7, 11) is 3.46. The average molecular weight is 342 g/mol. The molecule has 1 fully saturated rings. The molecule has 1 aromatic rings. The highest BCUT2D eigenvalue weighted by atomic mass is 79.9. The Morgan fingerprint density at radius 2 is 1.90 bits per heavy atom. The zero-order valence-corrected chi connectivity index (χ0v) is 14.0. The highest BCUT2D eigenvalue weighted by Crippen LogP contribution is 2.45. The second-order valence-electron chi connectivity index (χ2n) is 5.62. The van der Waals surface area contributed by atoms with Gasteiger partial charge in [-0.1, -0.05) is 35.2 Å². The molecule has 0 saturated heterocycles. The third-order valence-corrected chi connectivity index (χ3v) is 4.86. The maximum Gasteiger partial charge on any atom is 0.124 e. The van der Waals surface area contributed by atoms with Gasteiger partial charge in [-0.3, -0.25) is 0 Å². The first-order valence-electron chi connectivity index (χ1n) is 7.23. The topological polar surface area (TPSA) is 44.5 Å². The largest absolute Gasteiger partial charge is 0.496 e. The first kappa shape index (κ1) is 15.8. The molecule has 1 aromatic carbocycles. The molecule has 0 atom stereocenters.